The Labute approximate surface area is 140 Å². The molecule has 2 N–H and O–H groups in total. The zero-order chi connectivity index (χ0) is 15.4. The second kappa shape index (κ2) is 7.56. The van der Waals surface area contributed by atoms with Gasteiger partial charge < -0.3 is 5.32 Å². The van der Waals surface area contributed by atoms with Crippen LogP contribution >= 0.6 is 12.4 Å². The summed E-state index contributed by atoms with van der Waals surface area (Å²) in [5, 5.41) is 9.97. The molecule has 3 aromatic rings. The Hall–Kier alpha value is -2.66. The van der Waals surface area contributed by atoms with Crippen molar-refractivity contribution in [2.24, 2.45) is 0 Å². The summed E-state index contributed by atoms with van der Waals surface area (Å²) < 4.78 is 0. The molecule has 0 bridgehead atoms. The van der Waals surface area contributed by atoms with Gasteiger partial charge in [0, 0.05) is 35.4 Å². The number of hydrogen-bond acceptors (Lipinski definition) is 4. The van der Waals surface area contributed by atoms with Gasteiger partial charge in [-0.3, -0.25) is 9.78 Å². The number of hydrogen-bond donors (Lipinski definition) is 2. The number of pyridine rings is 1. The first-order chi connectivity index (χ1) is 10.8. The molecule has 2 aromatic heterocycles. The molecular weight excluding hydrogens is 312 g/mol. The van der Waals surface area contributed by atoms with Crippen LogP contribution < -0.4 is 10.9 Å². The van der Waals surface area contributed by atoms with Gasteiger partial charge in [-0.15, -0.1) is 12.4 Å². The molecule has 0 saturated heterocycles. The highest BCUT2D eigenvalue weighted by molar-refractivity contribution is 5.85. The molecule has 118 valence electrons. The Kier molecular flexibility index (Phi) is 5.49. The van der Waals surface area contributed by atoms with Gasteiger partial charge >= 0.3 is 0 Å². The van der Waals surface area contributed by atoms with Crippen LogP contribution in [0.25, 0.3) is 11.3 Å². The highest BCUT2D eigenvalue weighted by atomic mass is 35.5. The lowest BCUT2D eigenvalue weighted by molar-refractivity contribution is 0.957. The summed E-state index contributed by atoms with van der Waals surface area (Å²) in [7, 11) is 0. The number of halogens is 1. The van der Waals surface area contributed by atoms with Crippen LogP contribution in [0.2, 0.25) is 0 Å². The molecule has 23 heavy (non-hydrogen) atoms. The highest BCUT2D eigenvalue weighted by Crippen LogP contribution is 2.23. The van der Waals surface area contributed by atoms with Gasteiger partial charge in [0.25, 0.3) is 5.56 Å². The third-order valence-corrected chi connectivity index (χ3v) is 3.40. The van der Waals surface area contributed by atoms with Gasteiger partial charge in [0.2, 0.25) is 0 Å². The number of aryl methyl sites for hydroxylation is 1. The first-order valence-corrected chi connectivity index (χ1v) is 7.12. The zero-order valence-electron chi connectivity index (χ0n) is 12.6. The minimum atomic E-state index is -0.170. The molecule has 0 aliphatic carbocycles. The van der Waals surface area contributed by atoms with E-state index in [1.165, 1.54) is 0 Å². The third-order valence-electron chi connectivity index (χ3n) is 3.40. The van der Waals surface area contributed by atoms with E-state index in [2.05, 4.69) is 20.5 Å². The van der Waals surface area contributed by atoms with Crippen LogP contribution in [0.1, 0.15) is 12.5 Å². The molecule has 1 aromatic carbocycles. The molecular formula is C17H17ClN4O. The van der Waals surface area contributed by atoms with Crippen molar-refractivity contribution < 1.29 is 0 Å². The number of nitrogens with one attached hydrogen (secondary N) is 2. The molecule has 0 saturated carbocycles. The van der Waals surface area contributed by atoms with E-state index in [4.69, 9.17) is 0 Å². The Morgan fingerprint density at radius 1 is 1.04 bits per heavy atom. The van der Waals surface area contributed by atoms with E-state index in [0.29, 0.717) is 0 Å². The SMILES string of the molecule is CCc1cc(=O)[nH]nc1-c1ccc(Nc2ccncc2)cc1.Cl. The van der Waals surface area contributed by atoms with Crippen LogP contribution in [-0.2, 0) is 6.42 Å². The van der Waals surface area contributed by atoms with E-state index in [1.54, 1.807) is 18.5 Å². The molecule has 6 heteroatoms. The van der Waals surface area contributed by atoms with Gasteiger partial charge in [-0.1, -0.05) is 19.1 Å². The maximum Gasteiger partial charge on any atom is 0.264 e. The van der Waals surface area contributed by atoms with E-state index in [-0.39, 0.29) is 18.0 Å². The standard InChI is InChI=1S/C17H16N4O.ClH/c1-2-12-11-16(22)20-21-17(12)13-3-5-14(6-4-13)19-15-7-9-18-10-8-15;/h3-11H,2H2,1H3,(H,18,19)(H,20,22);1H. The number of H-pyrrole nitrogens is 1. The zero-order valence-corrected chi connectivity index (χ0v) is 13.4. The minimum absolute atomic E-state index is 0. The fourth-order valence-corrected chi connectivity index (χ4v) is 2.27. The molecule has 0 unspecified atom stereocenters. The lowest BCUT2D eigenvalue weighted by Gasteiger charge is -2.09. The molecule has 0 fully saturated rings. The van der Waals surface area contributed by atoms with Crippen LogP contribution in [0.15, 0.2) is 59.7 Å². The van der Waals surface area contributed by atoms with Crippen LogP contribution in [-0.4, -0.2) is 15.2 Å². The van der Waals surface area contributed by atoms with Gasteiger partial charge in [-0.05, 0) is 36.2 Å². The van der Waals surface area contributed by atoms with Gasteiger partial charge in [-0.2, -0.15) is 5.10 Å². The van der Waals surface area contributed by atoms with Crippen molar-refractivity contribution in [3.63, 3.8) is 0 Å². The number of anilines is 2. The van der Waals surface area contributed by atoms with Crippen molar-refractivity contribution in [3.05, 3.63) is 70.8 Å². The molecule has 3 rings (SSSR count). The molecule has 2 heterocycles. The lowest BCUT2D eigenvalue weighted by Crippen LogP contribution is -2.09. The quantitative estimate of drug-likeness (QED) is 0.768. The summed E-state index contributed by atoms with van der Waals surface area (Å²) in [5.41, 5.74) is 4.54. The van der Waals surface area contributed by atoms with Gasteiger partial charge in [-0.25, -0.2) is 5.10 Å². The van der Waals surface area contributed by atoms with Crippen LogP contribution in [0.4, 0.5) is 11.4 Å². The van der Waals surface area contributed by atoms with Crippen molar-refractivity contribution in [2.75, 3.05) is 5.32 Å². The number of aromatic nitrogens is 3. The summed E-state index contributed by atoms with van der Waals surface area (Å²) in [5.74, 6) is 0. The van der Waals surface area contributed by atoms with Crippen molar-refractivity contribution in [2.45, 2.75) is 13.3 Å². The van der Waals surface area contributed by atoms with Crippen molar-refractivity contribution >= 4 is 23.8 Å². The number of rotatable bonds is 4. The lowest BCUT2D eigenvalue weighted by atomic mass is 10.0. The fraction of sp³-hybridized carbons (Fsp3) is 0.118. The van der Waals surface area contributed by atoms with Crippen LogP contribution in [0.3, 0.4) is 0 Å². The first kappa shape index (κ1) is 16.7. The summed E-state index contributed by atoms with van der Waals surface area (Å²) in [4.78, 5) is 15.3. The molecule has 5 nitrogen and oxygen atoms in total. The Balaban J connectivity index is 0.00000192. The number of aromatic amines is 1. The smallest absolute Gasteiger partial charge is 0.264 e. The minimum Gasteiger partial charge on any atom is -0.355 e. The predicted octanol–water partition coefficient (Wildman–Crippen LogP) is 3.56. The second-order valence-electron chi connectivity index (χ2n) is 4.90. The fourth-order valence-electron chi connectivity index (χ4n) is 2.27. The van der Waals surface area contributed by atoms with E-state index < -0.39 is 0 Å². The number of nitrogens with zero attached hydrogens (tertiary/aromatic N) is 2. The topological polar surface area (TPSA) is 70.7 Å². The monoisotopic (exact) mass is 328 g/mol. The Morgan fingerprint density at radius 2 is 1.70 bits per heavy atom. The summed E-state index contributed by atoms with van der Waals surface area (Å²) in [6.45, 7) is 2.01. The van der Waals surface area contributed by atoms with Crippen molar-refractivity contribution in [3.8, 4) is 11.3 Å². The molecule has 0 spiro atoms. The summed E-state index contributed by atoms with van der Waals surface area (Å²) in [6.07, 6.45) is 4.26. The van der Waals surface area contributed by atoms with E-state index in [0.717, 1.165) is 34.6 Å². The van der Waals surface area contributed by atoms with Gasteiger partial charge in [0.15, 0.2) is 0 Å². The van der Waals surface area contributed by atoms with Crippen molar-refractivity contribution in [1.82, 2.24) is 15.2 Å². The summed E-state index contributed by atoms with van der Waals surface area (Å²) in [6, 6.07) is 13.4. The normalized spacial score (nSPS) is 9.96. The average molecular weight is 329 g/mol. The average Bonchev–Trinajstić information content (AvgIpc) is 2.56. The largest absolute Gasteiger partial charge is 0.355 e. The third kappa shape index (κ3) is 3.96. The predicted molar refractivity (Wildman–Crippen MR) is 94.4 cm³/mol. The van der Waals surface area contributed by atoms with Crippen LogP contribution in [0, 0.1) is 0 Å². The maximum atomic E-state index is 11.4. The molecule has 0 amide bonds. The first-order valence-electron chi connectivity index (χ1n) is 7.12. The van der Waals surface area contributed by atoms with Crippen LogP contribution in [0.5, 0.6) is 0 Å². The van der Waals surface area contributed by atoms with Gasteiger partial charge in [0.05, 0.1) is 5.69 Å². The summed E-state index contributed by atoms with van der Waals surface area (Å²) >= 11 is 0. The van der Waals surface area contributed by atoms with Crippen molar-refractivity contribution in [1.29, 1.82) is 0 Å². The second-order valence-corrected chi connectivity index (χ2v) is 4.90. The van der Waals surface area contributed by atoms with Gasteiger partial charge in [0.1, 0.15) is 0 Å². The molecule has 0 aliphatic heterocycles. The van der Waals surface area contributed by atoms with E-state index in [9.17, 15) is 4.79 Å². The molecule has 0 aliphatic rings. The molecule has 0 radical (unpaired) electrons. The maximum absolute atomic E-state index is 11.4. The van der Waals surface area contributed by atoms with E-state index >= 15 is 0 Å². The molecule has 0 atom stereocenters. The Bertz CT molecular complexity index is 816. The number of benzene rings is 1. The highest BCUT2D eigenvalue weighted by Gasteiger charge is 2.06. The Morgan fingerprint density at radius 3 is 2.35 bits per heavy atom. The van der Waals surface area contributed by atoms with E-state index in [1.807, 2.05) is 43.3 Å².